The van der Waals surface area contributed by atoms with Crippen molar-refractivity contribution in [2.75, 3.05) is 13.2 Å². The van der Waals surface area contributed by atoms with Crippen molar-refractivity contribution in [3.8, 4) is 0 Å². The summed E-state index contributed by atoms with van der Waals surface area (Å²) in [6.07, 6.45) is 0. The van der Waals surface area contributed by atoms with Gasteiger partial charge < -0.3 is 0 Å². The summed E-state index contributed by atoms with van der Waals surface area (Å²) in [4.78, 5) is 9.21. The molecule has 0 radical (unpaired) electrons. The van der Waals surface area contributed by atoms with E-state index in [-0.39, 0.29) is 0 Å². The van der Waals surface area contributed by atoms with Crippen LogP contribution in [0.5, 0.6) is 0 Å². The number of hydrogen-bond donors (Lipinski definition) is 0. The Hall–Kier alpha value is 1.56. The van der Waals surface area contributed by atoms with E-state index < -0.39 is 0 Å². The van der Waals surface area contributed by atoms with Crippen molar-refractivity contribution in [2.45, 2.75) is 0.0125 Å². The van der Waals surface area contributed by atoms with Crippen LogP contribution in [0.4, 0.5) is 0 Å². The topological polar surface area (TPSA) is 18.5 Å². The molecular formula is C3H5KO2. The molecule has 0 N–H and O–H groups in total. The van der Waals surface area contributed by atoms with Gasteiger partial charge in [-0.15, -0.1) is 0 Å². The van der Waals surface area contributed by atoms with Gasteiger partial charge in [-0.25, -0.2) is 0 Å². The van der Waals surface area contributed by atoms with Crippen molar-refractivity contribution >= 4 is 49.0 Å². The molecule has 1 rings (SSSR count). The van der Waals surface area contributed by atoms with E-state index in [9.17, 15) is 0 Å². The van der Waals surface area contributed by atoms with E-state index in [0.29, 0.717) is 0 Å². The second-order valence-corrected chi connectivity index (χ2v) is 4.22. The van der Waals surface area contributed by atoms with Crippen molar-refractivity contribution in [3.63, 3.8) is 0 Å². The maximum absolute atomic E-state index is 4.60. The van der Waals surface area contributed by atoms with Crippen molar-refractivity contribution in [1.29, 1.82) is 0 Å². The van der Waals surface area contributed by atoms with Gasteiger partial charge in [0.05, 0.1) is 0 Å². The zero-order valence-electron chi connectivity index (χ0n) is 3.81. The minimum absolute atomic E-state index is 0.789. The van der Waals surface area contributed by atoms with E-state index in [1.165, 1.54) is 0 Å². The average molecular weight is 112 g/mol. The van der Waals surface area contributed by atoms with E-state index in [1.807, 2.05) is 0 Å². The molecule has 2 nitrogen and oxygen atoms in total. The Bertz CT molecular complexity index is 42.1. The minimum atomic E-state index is 0.789. The first-order chi connectivity index (χ1) is 2.89. The van der Waals surface area contributed by atoms with Crippen LogP contribution in [0.3, 0.4) is 0 Å². The summed E-state index contributed by atoms with van der Waals surface area (Å²) in [5.41, 5.74) is 0. The summed E-state index contributed by atoms with van der Waals surface area (Å²) in [6, 6.07) is 0. The molecular weight excluding hydrogens is 107 g/mol. The van der Waals surface area contributed by atoms with Gasteiger partial charge in [-0.1, -0.05) is 0 Å². The quantitative estimate of drug-likeness (QED) is 0.322. The third-order valence-electron chi connectivity index (χ3n) is 0.788. The van der Waals surface area contributed by atoms with Crippen molar-refractivity contribution < 1.29 is 9.78 Å². The zero-order chi connectivity index (χ0) is 4.41. The van der Waals surface area contributed by atoms with E-state index in [4.69, 9.17) is 0 Å². The molecule has 1 fully saturated rings. The fraction of sp³-hybridized carbons (Fsp3) is 1.00. The van der Waals surface area contributed by atoms with Crippen LogP contribution >= 0.6 is 0 Å². The molecule has 30 valence electrons. The zero-order valence-corrected chi connectivity index (χ0v) is 6.93. The predicted octanol–water partition coefficient (Wildman–Crippen LogP) is -0.0948. The fourth-order valence-corrected chi connectivity index (χ4v) is 0.802. The first kappa shape index (κ1) is 5.69. The average Bonchev–Trinajstić information content (AvgIpc) is 1.86. The Morgan fingerprint density at radius 3 is 2.00 bits per heavy atom. The molecule has 0 saturated carbocycles. The molecule has 0 aromatic rings. The van der Waals surface area contributed by atoms with Crippen LogP contribution in [0.2, 0.25) is 0.0125 Å². The van der Waals surface area contributed by atoms with Crippen LogP contribution in [0, 0.1) is 0 Å². The van der Waals surface area contributed by atoms with Gasteiger partial charge in [-0.3, -0.25) is 0 Å². The normalized spacial score (nSPS) is 25.7. The Morgan fingerprint density at radius 2 is 1.83 bits per heavy atom. The predicted molar refractivity (Wildman–Crippen MR) is 21.4 cm³/mol. The van der Waals surface area contributed by atoms with E-state index >= 15 is 0 Å². The molecule has 0 atom stereocenters. The molecule has 0 amide bonds. The van der Waals surface area contributed by atoms with Crippen LogP contribution in [0.25, 0.3) is 0 Å². The maximum atomic E-state index is 4.60. The van der Waals surface area contributed by atoms with Crippen molar-refractivity contribution in [2.24, 2.45) is 0 Å². The van der Waals surface area contributed by atoms with Crippen LogP contribution in [0.1, 0.15) is 0 Å². The summed E-state index contributed by atoms with van der Waals surface area (Å²) in [6.45, 7) is 1.69. The monoisotopic (exact) mass is 112 g/mol. The van der Waals surface area contributed by atoms with Gasteiger partial charge in [0.2, 0.25) is 0 Å². The third kappa shape index (κ3) is 1.58. The summed E-state index contributed by atoms with van der Waals surface area (Å²) >= 11 is 0.892. The molecule has 0 spiro atoms. The number of rotatable bonds is 0. The van der Waals surface area contributed by atoms with Crippen molar-refractivity contribution in [3.05, 3.63) is 0 Å². The molecule has 3 heteroatoms. The summed E-state index contributed by atoms with van der Waals surface area (Å²) < 4.78 is 0.789. The van der Waals surface area contributed by atoms with Crippen LogP contribution in [0.15, 0.2) is 0 Å². The number of hydrogen-bond acceptors (Lipinski definition) is 2. The van der Waals surface area contributed by atoms with Gasteiger partial charge in [0.1, 0.15) is 0 Å². The first-order valence-corrected chi connectivity index (χ1v) is 3.94. The van der Waals surface area contributed by atoms with Gasteiger partial charge in [0.15, 0.2) is 0 Å². The molecule has 1 saturated heterocycles. The molecule has 0 aromatic carbocycles. The van der Waals surface area contributed by atoms with Gasteiger partial charge >= 0.3 is 72.0 Å². The Balaban J connectivity index is 2.18. The van der Waals surface area contributed by atoms with Crippen LogP contribution in [-0.4, -0.2) is 62.2 Å². The Morgan fingerprint density at radius 1 is 1.33 bits per heavy atom. The first-order valence-electron chi connectivity index (χ1n) is 2.14. The Labute approximate surface area is 70.7 Å². The van der Waals surface area contributed by atoms with Gasteiger partial charge in [0, 0.05) is 0 Å². The third-order valence-corrected chi connectivity index (χ3v) is 1.83. The molecule has 1 heterocycles. The van der Waals surface area contributed by atoms with Crippen LogP contribution < -0.4 is 0 Å². The van der Waals surface area contributed by atoms with Crippen molar-refractivity contribution in [1.82, 2.24) is 0 Å². The molecule has 0 aromatic heterocycles. The molecule has 1 aliphatic rings. The second-order valence-electron chi connectivity index (χ2n) is 1.67. The summed E-state index contributed by atoms with van der Waals surface area (Å²) in [5.74, 6) is 0. The van der Waals surface area contributed by atoms with Gasteiger partial charge in [-0.05, 0) is 0 Å². The molecule has 0 unspecified atom stereocenters. The van der Waals surface area contributed by atoms with E-state index in [1.54, 1.807) is 0 Å². The fourth-order valence-electron chi connectivity index (χ4n) is 0.377. The van der Waals surface area contributed by atoms with Gasteiger partial charge in [0.25, 0.3) is 0 Å². The molecule has 0 bridgehead atoms. The SMILES string of the molecule is [K][CH]1COOC1. The molecule has 6 heavy (non-hydrogen) atoms. The second kappa shape index (κ2) is 2.76. The van der Waals surface area contributed by atoms with E-state index in [2.05, 4.69) is 9.78 Å². The Kier molecular flexibility index (Phi) is 2.62. The summed E-state index contributed by atoms with van der Waals surface area (Å²) in [5, 5.41) is 0. The van der Waals surface area contributed by atoms with Crippen LogP contribution in [-0.2, 0) is 9.78 Å². The van der Waals surface area contributed by atoms with Gasteiger partial charge in [-0.2, -0.15) is 0 Å². The molecule has 0 aliphatic carbocycles. The molecule has 1 aliphatic heterocycles. The van der Waals surface area contributed by atoms with E-state index in [0.717, 1.165) is 62.2 Å². The summed E-state index contributed by atoms with van der Waals surface area (Å²) in [7, 11) is 0. The standard InChI is InChI=1S/C3H5O2.K/c1-2-4-5-3-1;/h1H,2-3H2;.